The molecule has 34 heavy (non-hydrogen) atoms. The van der Waals surface area contributed by atoms with Crippen molar-refractivity contribution in [3.63, 3.8) is 0 Å². The van der Waals surface area contributed by atoms with Gasteiger partial charge < -0.3 is 18.9 Å². The second-order valence-corrected chi connectivity index (χ2v) is 8.30. The van der Waals surface area contributed by atoms with Crippen LogP contribution in [0.25, 0.3) is 11.0 Å². The van der Waals surface area contributed by atoms with Gasteiger partial charge in [-0.25, -0.2) is 9.78 Å². The van der Waals surface area contributed by atoms with Crippen molar-refractivity contribution in [2.24, 2.45) is 0 Å². The van der Waals surface area contributed by atoms with Crippen molar-refractivity contribution in [3.05, 3.63) is 47.8 Å². The van der Waals surface area contributed by atoms with Crippen molar-refractivity contribution in [3.8, 4) is 5.75 Å². The van der Waals surface area contributed by atoms with E-state index in [4.69, 9.17) is 18.9 Å². The monoisotopic (exact) mass is 501 g/mol. The van der Waals surface area contributed by atoms with Crippen LogP contribution >= 0.6 is 0 Å². The van der Waals surface area contributed by atoms with E-state index in [1.807, 2.05) is 0 Å². The van der Waals surface area contributed by atoms with Gasteiger partial charge in [-0.05, 0) is 25.1 Å². The zero-order valence-corrected chi connectivity index (χ0v) is 19.1. The zero-order chi connectivity index (χ0) is 24.7. The molecule has 0 aliphatic heterocycles. The van der Waals surface area contributed by atoms with E-state index in [-0.39, 0.29) is 42.3 Å². The van der Waals surface area contributed by atoms with Gasteiger partial charge in [0, 0.05) is 18.9 Å². The normalized spacial score (nSPS) is 12.5. The summed E-state index contributed by atoms with van der Waals surface area (Å²) in [5, 5.41) is 0.105. The largest absolute Gasteiger partial charge is 0.510 e. The fourth-order valence-corrected chi connectivity index (χ4v) is 4.19. The summed E-state index contributed by atoms with van der Waals surface area (Å²) in [5.74, 6) is -0.147. The number of carbonyl (C=O) groups is 1. The molecule has 1 unspecified atom stereocenters. The molecule has 9 nitrogen and oxygen atoms in total. The highest BCUT2D eigenvalue weighted by Crippen LogP contribution is 2.26. The first-order chi connectivity index (χ1) is 16.2. The van der Waals surface area contributed by atoms with Gasteiger partial charge in [-0.3, -0.25) is 13.8 Å². The Kier molecular flexibility index (Phi) is 8.45. The van der Waals surface area contributed by atoms with E-state index in [0.717, 1.165) is 0 Å². The number of rotatable bonds is 10. The summed E-state index contributed by atoms with van der Waals surface area (Å²) in [6, 6.07) is 8.23. The molecule has 0 N–H and O–H groups in total. The van der Waals surface area contributed by atoms with Gasteiger partial charge in [0.1, 0.15) is 12.4 Å². The lowest BCUT2D eigenvalue weighted by Crippen LogP contribution is -2.20. The summed E-state index contributed by atoms with van der Waals surface area (Å²) >= 11 is 0. The fourth-order valence-electron chi connectivity index (χ4n) is 2.93. The number of hydrogen-bond donors (Lipinski definition) is 0. The number of methoxy groups -OCH3 is 1. The third-order valence-corrected chi connectivity index (χ3v) is 5.81. The van der Waals surface area contributed by atoms with Gasteiger partial charge in [-0.1, -0.05) is 12.1 Å². The van der Waals surface area contributed by atoms with Crippen LogP contribution in [0.3, 0.4) is 0 Å². The Bertz CT molecular complexity index is 1170. The van der Waals surface area contributed by atoms with Crippen molar-refractivity contribution in [2.45, 2.75) is 30.7 Å². The van der Waals surface area contributed by atoms with Crippen molar-refractivity contribution >= 4 is 28.0 Å². The molecule has 0 saturated heterocycles. The molecule has 0 bridgehead atoms. The summed E-state index contributed by atoms with van der Waals surface area (Å²) in [4.78, 5) is 20.3. The molecule has 3 aromatic rings. The van der Waals surface area contributed by atoms with Gasteiger partial charge in [0.15, 0.2) is 13.3 Å². The number of hydrogen-bond acceptors (Lipinski definition) is 8. The van der Waals surface area contributed by atoms with E-state index in [1.165, 1.54) is 30.9 Å². The van der Waals surface area contributed by atoms with Crippen LogP contribution < -0.4 is 4.74 Å². The summed E-state index contributed by atoms with van der Waals surface area (Å²) in [7, 11) is -0.319. The van der Waals surface area contributed by atoms with Crippen LogP contribution in [0.4, 0.5) is 18.0 Å². The lowest BCUT2D eigenvalue weighted by Gasteiger charge is -2.14. The van der Waals surface area contributed by atoms with Crippen molar-refractivity contribution < 1.29 is 41.1 Å². The molecular weight excluding hydrogens is 479 g/mol. The summed E-state index contributed by atoms with van der Waals surface area (Å²) in [6.45, 7) is -0.0111. The Labute approximate surface area is 195 Å². The van der Waals surface area contributed by atoms with Gasteiger partial charge >= 0.3 is 12.3 Å². The molecule has 0 aliphatic carbocycles. The fraction of sp³-hybridized carbons (Fsp3) is 0.381. The molecule has 2 heterocycles. The van der Waals surface area contributed by atoms with Crippen LogP contribution in [-0.4, -0.2) is 58.0 Å². The first-order valence-electron chi connectivity index (χ1n) is 9.95. The van der Waals surface area contributed by atoms with Crippen LogP contribution in [0.5, 0.6) is 5.75 Å². The third kappa shape index (κ3) is 6.67. The highest BCUT2D eigenvalue weighted by Gasteiger charge is 2.29. The number of ether oxygens (including phenoxy) is 4. The Morgan fingerprint density at radius 2 is 1.91 bits per heavy atom. The molecule has 0 saturated carbocycles. The maximum atomic E-state index is 13.2. The number of benzene rings is 1. The minimum atomic E-state index is -4.49. The number of aromatic nitrogens is 3. The standard InChI is InChI=1S/C21H22F3N3O6S/c1-14-16(25-8-7-18(14)32-12-21(22,23)24)11-34(29)19-26-15-5-3-4-6-17(15)27(19)13-33-20(28)31-10-9-30-2/h3-8H,9-13H2,1-2H3. The second-order valence-electron chi connectivity index (χ2n) is 6.95. The molecule has 0 spiro atoms. The molecule has 0 radical (unpaired) electrons. The number of nitrogens with zero attached hydrogens (tertiary/aromatic N) is 3. The number of para-hydroxylation sites is 2. The summed E-state index contributed by atoms with van der Waals surface area (Å²) < 4.78 is 71.9. The van der Waals surface area contributed by atoms with Crippen LogP contribution in [-0.2, 0) is 37.5 Å². The summed E-state index contributed by atoms with van der Waals surface area (Å²) in [5.41, 5.74) is 1.72. The van der Waals surface area contributed by atoms with Gasteiger partial charge in [-0.2, -0.15) is 13.2 Å². The van der Waals surface area contributed by atoms with Gasteiger partial charge in [0.25, 0.3) is 0 Å². The van der Waals surface area contributed by atoms with E-state index >= 15 is 0 Å². The number of pyridine rings is 1. The first kappa shape index (κ1) is 25.4. The van der Waals surface area contributed by atoms with Crippen molar-refractivity contribution in [1.82, 2.24) is 14.5 Å². The van der Waals surface area contributed by atoms with Crippen LogP contribution in [0, 0.1) is 6.92 Å². The molecule has 13 heteroatoms. The second kappa shape index (κ2) is 11.3. The van der Waals surface area contributed by atoms with E-state index in [9.17, 15) is 22.2 Å². The molecule has 0 fully saturated rings. The number of carbonyl (C=O) groups excluding carboxylic acids is 1. The molecule has 1 aromatic carbocycles. The van der Waals surface area contributed by atoms with E-state index in [0.29, 0.717) is 16.6 Å². The maximum absolute atomic E-state index is 13.2. The van der Waals surface area contributed by atoms with E-state index < -0.39 is 29.7 Å². The minimum absolute atomic E-state index is 0.00466. The van der Waals surface area contributed by atoms with Crippen molar-refractivity contribution in [2.75, 3.05) is 26.9 Å². The molecule has 3 rings (SSSR count). The molecule has 0 amide bonds. The van der Waals surface area contributed by atoms with Gasteiger partial charge in [0.05, 0.1) is 39.9 Å². The van der Waals surface area contributed by atoms with Crippen LogP contribution in [0.2, 0.25) is 0 Å². The molecule has 0 aliphatic rings. The topological polar surface area (TPSA) is 102 Å². The number of alkyl halides is 3. The molecule has 184 valence electrons. The molecular formula is C21H22F3N3O6S. The maximum Gasteiger partial charge on any atom is 0.510 e. The Morgan fingerprint density at radius 3 is 2.65 bits per heavy atom. The van der Waals surface area contributed by atoms with Crippen LogP contribution in [0.15, 0.2) is 41.7 Å². The Hall–Kier alpha value is -3.19. The van der Waals surface area contributed by atoms with Crippen LogP contribution in [0.1, 0.15) is 11.3 Å². The predicted molar refractivity (Wildman–Crippen MR) is 115 cm³/mol. The number of fused-ring (bicyclic) bond motifs is 1. The van der Waals surface area contributed by atoms with E-state index in [2.05, 4.69) is 9.97 Å². The minimum Gasteiger partial charge on any atom is -0.484 e. The SMILES string of the molecule is COCCOC(=O)OCn1c(S(=O)Cc2nccc(OCC(F)(F)F)c2C)nc2ccccc21. The first-order valence-corrected chi connectivity index (χ1v) is 11.3. The average molecular weight is 501 g/mol. The number of halogens is 3. The van der Waals surface area contributed by atoms with Gasteiger partial charge in [0.2, 0.25) is 5.16 Å². The Morgan fingerprint density at radius 1 is 1.15 bits per heavy atom. The smallest absolute Gasteiger partial charge is 0.484 e. The number of imidazole rings is 1. The predicted octanol–water partition coefficient (Wildman–Crippen LogP) is 3.75. The molecule has 1 atom stereocenters. The average Bonchev–Trinajstić information content (AvgIpc) is 3.16. The van der Waals surface area contributed by atoms with E-state index in [1.54, 1.807) is 24.3 Å². The van der Waals surface area contributed by atoms with Gasteiger partial charge in [-0.15, -0.1) is 0 Å². The highest BCUT2D eigenvalue weighted by molar-refractivity contribution is 7.84. The third-order valence-electron chi connectivity index (χ3n) is 4.56. The lowest BCUT2D eigenvalue weighted by molar-refractivity contribution is -0.153. The quantitative estimate of drug-likeness (QED) is 0.306. The lowest BCUT2D eigenvalue weighted by atomic mass is 10.2. The van der Waals surface area contributed by atoms with Crippen molar-refractivity contribution in [1.29, 1.82) is 0 Å². The Balaban J connectivity index is 1.80. The highest BCUT2D eigenvalue weighted by atomic mass is 32.2. The molecule has 2 aromatic heterocycles. The summed E-state index contributed by atoms with van der Waals surface area (Å²) in [6.07, 6.45) is -4.14. The zero-order valence-electron chi connectivity index (χ0n) is 18.3.